The van der Waals surface area contributed by atoms with Crippen LogP contribution in [0.5, 0.6) is 0 Å². The van der Waals surface area contributed by atoms with Crippen LogP contribution in [0, 0.1) is 0 Å². The molecule has 0 saturated carbocycles. The van der Waals surface area contributed by atoms with Crippen LogP contribution in [0.4, 0.5) is 0 Å². The van der Waals surface area contributed by atoms with Gasteiger partial charge in [0.15, 0.2) is 5.96 Å². The third-order valence-corrected chi connectivity index (χ3v) is 2.70. The van der Waals surface area contributed by atoms with Crippen LogP contribution < -0.4 is 10.6 Å². The Balaban J connectivity index is 0.00000200. The lowest BCUT2D eigenvalue weighted by atomic mass is 10.1. The summed E-state index contributed by atoms with van der Waals surface area (Å²) in [6.45, 7) is 1.43. The number of halogens is 1. The lowest BCUT2D eigenvalue weighted by Crippen LogP contribution is -2.37. The summed E-state index contributed by atoms with van der Waals surface area (Å²) in [5.41, 5.74) is 2.16. The third-order valence-electron chi connectivity index (χ3n) is 2.70. The highest BCUT2D eigenvalue weighted by Crippen LogP contribution is 1.98. The van der Waals surface area contributed by atoms with Crippen molar-refractivity contribution in [1.29, 1.82) is 0 Å². The Morgan fingerprint density at radius 3 is 2.65 bits per heavy atom. The Bertz CT molecular complexity index is 499. The van der Waals surface area contributed by atoms with Crippen LogP contribution in [-0.4, -0.2) is 24.7 Å². The van der Waals surface area contributed by atoms with Crippen molar-refractivity contribution in [3.8, 4) is 0 Å². The molecule has 108 valence electrons. The number of guanidine groups is 1. The molecule has 0 aliphatic rings. The Morgan fingerprint density at radius 2 is 2.00 bits per heavy atom. The highest BCUT2D eigenvalue weighted by Gasteiger charge is 2.00. The fraction of sp³-hybridized carbons (Fsp3) is 0.286. The molecule has 0 amide bonds. The van der Waals surface area contributed by atoms with Crippen molar-refractivity contribution in [2.45, 2.75) is 13.0 Å². The molecule has 0 spiro atoms. The minimum atomic E-state index is 0. The summed E-state index contributed by atoms with van der Waals surface area (Å²) in [6, 6.07) is 12.2. The molecule has 5 nitrogen and oxygen atoms in total. The quantitative estimate of drug-likeness (QED) is 0.470. The van der Waals surface area contributed by atoms with Crippen molar-refractivity contribution in [2.24, 2.45) is 4.99 Å². The first-order valence-corrected chi connectivity index (χ1v) is 6.26. The van der Waals surface area contributed by atoms with Crippen LogP contribution in [0.3, 0.4) is 0 Å². The van der Waals surface area contributed by atoms with E-state index >= 15 is 0 Å². The molecule has 20 heavy (non-hydrogen) atoms. The van der Waals surface area contributed by atoms with E-state index in [1.807, 2.05) is 24.3 Å². The van der Waals surface area contributed by atoms with Gasteiger partial charge < -0.3 is 15.2 Å². The number of nitrogens with zero attached hydrogens (tertiary/aromatic N) is 2. The van der Waals surface area contributed by atoms with Gasteiger partial charge in [-0.25, -0.2) is 0 Å². The van der Waals surface area contributed by atoms with Crippen molar-refractivity contribution in [3.63, 3.8) is 0 Å². The fourth-order valence-electron chi connectivity index (χ4n) is 1.69. The predicted octanol–water partition coefficient (Wildman–Crippen LogP) is 2.20. The molecule has 0 aliphatic carbocycles. The average molecular weight is 386 g/mol. The number of hydrogen-bond donors (Lipinski definition) is 2. The van der Waals surface area contributed by atoms with Crippen molar-refractivity contribution < 1.29 is 4.52 Å². The first kappa shape index (κ1) is 16.5. The second kappa shape index (κ2) is 9.35. The summed E-state index contributed by atoms with van der Waals surface area (Å²) < 4.78 is 4.77. The van der Waals surface area contributed by atoms with E-state index in [0.717, 1.165) is 24.6 Å². The summed E-state index contributed by atoms with van der Waals surface area (Å²) in [6.07, 6.45) is 2.52. The normalized spacial score (nSPS) is 10.8. The van der Waals surface area contributed by atoms with Crippen LogP contribution in [0.1, 0.15) is 11.3 Å². The number of nitrogens with one attached hydrogen (secondary N) is 2. The summed E-state index contributed by atoms with van der Waals surface area (Å²) in [7, 11) is 1.75. The van der Waals surface area contributed by atoms with E-state index in [4.69, 9.17) is 4.52 Å². The van der Waals surface area contributed by atoms with Gasteiger partial charge in [-0.05, 0) is 12.0 Å². The number of aromatic nitrogens is 1. The molecule has 0 saturated heterocycles. The van der Waals surface area contributed by atoms with Gasteiger partial charge >= 0.3 is 0 Å². The van der Waals surface area contributed by atoms with Crippen molar-refractivity contribution in [2.75, 3.05) is 13.6 Å². The highest BCUT2D eigenvalue weighted by atomic mass is 127. The Kier molecular flexibility index (Phi) is 7.71. The molecule has 0 radical (unpaired) electrons. The number of aliphatic imine (C=N–C) groups is 1. The van der Waals surface area contributed by atoms with E-state index in [0.29, 0.717) is 6.54 Å². The van der Waals surface area contributed by atoms with E-state index in [1.54, 1.807) is 13.3 Å². The molecule has 1 aromatic heterocycles. The summed E-state index contributed by atoms with van der Waals surface area (Å²) in [5.74, 6) is 0.763. The van der Waals surface area contributed by atoms with Crippen LogP contribution in [0.25, 0.3) is 0 Å². The smallest absolute Gasteiger partial charge is 0.191 e. The van der Waals surface area contributed by atoms with Gasteiger partial charge in [-0.3, -0.25) is 4.99 Å². The molecule has 0 bridgehead atoms. The molecule has 2 rings (SSSR count). The van der Waals surface area contributed by atoms with E-state index in [1.165, 1.54) is 5.56 Å². The van der Waals surface area contributed by atoms with Gasteiger partial charge in [0.1, 0.15) is 12.0 Å². The Hall–Kier alpha value is -1.57. The monoisotopic (exact) mass is 386 g/mol. The molecular formula is C14H19IN4O. The molecule has 6 heteroatoms. The van der Waals surface area contributed by atoms with Crippen LogP contribution in [0.15, 0.2) is 52.2 Å². The predicted molar refractivity (Wildman–Crippen MR) is 90.3 cm³/mol. The molecule has 2 aromatic rings. The van der Waals surface area contributed by atoms with Crippen molar-refractivity contribution in [3.05, 3.63) is 53.9 Å². The van der Waals surface area contributed by atoms with Gasteiger partial charge in [0.05, 0.1) is 6.54 Å². The van der Waals surface area contributed by atoms with Gasteiger partial charge in [-0.15, -0.1) is 24.0 Å². The zero-order valence-corrected chi connectivity index (χ0v) is 13.7. The largest absolute Gasteiger partial charge is 0.364 e. The second-order valence-corrected chi connectivity index (χ2v) is 4.08. The van der Waals surface area contributed by atoms with E-state index in [9.17, 15) is 0 Å². The number of benzene rings is 1. The number of rotatable bonds is 5. The van der Waals surface area contributed by atoms with E-state index < -0.39 is 0 Å². The second-order valence-electron chi connectivity index (χ2n) is 4.08. The summed E-state index contributed by atoms with van der Waals surface area (Å²) >= 11 is 0. The van der Waals surface area contributed by atoms with Crippen LogP contribution in [0.2, 0.25) is 0 Å². The van der Waals surface area contributed by atoms with Crippen molar-refractivity contribution >= 4 is 29.9 Å². The van der Waals surface area contributed by atoms with E-state index in [-0.39, 0.29) is 24.0 Å². The van der Waals surface area contributed by atoms with E-state index in [2.05, 4.69) is 32.9 Å². The van der Waals surface area contributed by atoms with Gasteiger partial charge in [-0.1, -0.05) is 35.5 Å². The molecule has 2 N–H and O–H groups in total. The zero-order chi connectivity index (χ0) is 13.3. The van der Waals surface area contributed by atoms with Gasteiger partial charge in [0.25, 0.3) is 0 Å². The lowest BCUT2D eigenvalue weighted by Gasteiger charge is -2.10. The molecule has 0 unspecified atom stereocenters. The van der Waals surface area contributed by atoms with Gasteiger partial charge in [0, 0.05) is 19.7 Å². The van der Waals surface area contributed by atoms with Gasteiger partial charge in [-0.2, -0.15) is 0 Å². The van der Waals surface area contributed by atoms with Crippen LogP contribution in [-0.2, 0) is 13.0 Å². The van der Waals surface area contributed by atoms with Crippen molar-refractivity contribution in [1.82, 2.24) is 15.8 Å². The molecular weight excluding hydrogens is 367 g/mol. The Labute approximate surface area is 135 Å². The molecule has 0 aliphatic heterocycles. The third kappa shape index (κ3) is 5.60. The SMILES string of the molecule is CN=C(NCCc1ccccc1)NCc1ccon1.I. The van der Waals surface area contributed by atoms with Gasteiger partial charge in [0.2, 0.25) is 0 Å². The minimum Gasteiger partial charge on any atom is -0.364 e. The minimum absolute atomic E-state index is 0. The zero-order valence-electron chi connectivity index (χ0n) is 11.4. The topological polar surface area (TPSA) is 62.5 Å². The highest BCUT2D eigenvalue weighted by molar-refractivity contribution is 14.0. The lowest BCUT2D eigenvalue weighted by molar-refractivity contribution is 0.410. The maximum atomic E-state index is 4.77. The maximum Gasteiger partial charge on any atom is 0.191 e. The standard InChI is InChI=1S/C14H18N4O.HI/c1-15-14(17-11-13-8-10-19-18-13)16-9-7-12-5-3-2-4-6-12;/h2-6,8,10H,7,9,11H2,1H3,(H2,15,16,17);1H. The number of hydrogen-bond acceptors (Lipinski definition) is 3. The average Bonchev–Trinajstić information content (AvgIpc) is 2.97. The summed E-state index contributed by atoms with van der Waals surface area (Å²) in [4.78, 5) is 4.15. The molecule has 1 aromatic carbocycles. The molecule has 0 atom stereocenters. The molecule has 0 fully saturated rings. The van der Waals surface area contributed by atoms with Crippen LogP contribution >= 0.6 is 24.0 Å². The first-order chi connectivity index (χ1) is 9.38. The Morgan fingerprint density at radius 1 is 1.20 bits per heavy atom. The molecule has 1 heterocycles. The summed E-state index contributed by atoms with van der Waals surface area (Å²) in [5, 5.41) is 10.3. The first-order valence-electron chi connectivity index (χ1n) is 6.26. The fourth-order valence-corrected chi connectivity index (χ4v) is 1.69. The maximum absolute atomic E-state index is 4.77.